The van der Waals surface area contributed by atoms with Crippen LogP contribution in [0.2, 0.25) is 0 Å². The Bertz CT molecular complexity index is 720. The van der Waals surface area contributed by atoms with Crippen molar-refractivity contribution in [1.82, 2.24) is 15.1 Å². The highest BCUT2D eigenvalue weighted by Crippen LogP contribution is 2.35. The van der Waals surface area contributed by atoms with Crippen LogP contribution >= 0.6 is 0 Å². The first-order valence-electron chi connectivity index (χ1n) is 8.89. The Hall–Kier alpha value is -2.34. The number of nitrogens with one attached hydrogen (secondary N) is 2. The van der Waals surface area contributed by atoms with E-state index in [9.17, 15) is 9.90 Å². The molecule has 1 aromatic heterocycles. The highest BCUT2D eigenvalue weighted by molar-refractivity contribution is 5.91. The van der Waals surface area contributed by atoms with E-state index in [-0.39, 0.29) is 18.1 Å². The van der Waals surface area contributed by atoms with E-state index in [4.69, 9.17) is 0 Å². The predicted octanol–water partition coefficient (Wildman–Crippen LogP) is 3.25. The summed E-state index contributed by atoms with van der Waals surface area (Å²) in [5, 5.41) is 20.0. The molecule has 3 rings (SSSR count). The molecule has 0 radical (unpaired) electrons. The number of aliphatic hydroxyl groups is 1. The van der Waals surface area contributed by atoms with E-state index in [2.05, 4.69) is 15.7 Å². The minimum atomic E-state index is -0.255. The number of amides is 2. The van der Waals surface area contributed by atoms with Crippen LogP contribution < -0.4 is 10.6 Å². The van der Waals surface area contributed by atoms with Crippen molar-refractivity contribution in [2.45, 2.75) is 39.0 Å². The van der Waals surface area contributed by atoms with Crippen LogP contribution in [0.1, 0.15) is 37.8 Å². The molecule has 1 aromatic carbocycles. The number of urea groups is 1. The van der Waals surface area contributed by atoms with Crippen LogP contribution in [0, 0.1) is 12.3 Å². The van der Waals surface area contributed by atoms with E-state index >= 15 is 0 Å². The molecule has 134 valence electrons. The van der Waals surface area contributed by atoms with E-state index in [1.165, 1.54) is 6.42 Å². The van der Waals surface area contributed by atoms with E-state index < -0.39 is 0 Å². The number of hydrogen-bond acceptors (Lipinski definition) is 3. The van der Waals surface area contributed by atoms with Gasteiger partial charge in [-0.15, -0.1) is 0 Å². The highest BCUT2D eigenvalue weighted by Gasteiger charge is 2.31. The van der Waals surface area contributed by atoms with Gasteiger partial charge in [-0.05, 0) is 38.0 Å². The lowest BCUT2D eigenvalue weighted by Crippen LogP contribution is -2.43. The molecule has 0 spiro atoms. The zero-order valence-electron chi connectivity index (χ0n) is 14.7. The molecule has 0 bridgehead atoms. The fraction of sp³-hybridized carbons (Fsp3) is 0.474. The Kier molecular flexibility index (Phi) is 5.38. The van der Waals surface area contributed by atoms with Crippen LogP contribution in [0.4, 0.5) is 10.5 Å². The van der Waals surface area contributed by atoms with E-state index in [1.54, 1.807) is 4.68 Å². The summed E-state index contributed by atoms with van der Waals surface area (Å²) in [7, 11) is 0. The standard InChI is InChI=1S/C19H26N4O2/c1-15-9-12-23(22-15)17-8-4-3-7-16(17)21-18(25)20-13-19(14-24)10-5-2-6-11-19/h3-4,7-9,12,24H,2,5-6,10-11,13-14H2,1H3,(H2,20,21,25). The van der Waals surface area contributed by atoms with Gasteiger partial charge in [0.15, 0.2) is 0 Å². The zero-order chi connectivity index (χ0) is 17.7. The average Bonchev–Trinajstić information content (AvgIpc) is 3.07. The maximum absolute atomic E-state index is 12.4. The molecular weight excluding hydrogens is 316 g/mol. The van der Waals surface area contributed by atoms with Crippen LogP contribution in [0.3, 0.4) is 0 Å². The Morgan fingerprint density at radius 2 is 2.00 bits per heavy atom. The Morgan fingerprint density at radius 3 is 2.68 bits per heavy atom. The molecule has 6 heteroatoms. The van der Waals surface area contributed by atoms with Crippen molar-refractivity contribution >= 4 is 11.7 Å². The van der Waals surface area contributed by atoms with Crippen molar-refractivity contribution in [2.75, 3.05) is 18.5 Å². The molecule has 1 aliphatic carbocycles. The molecule has 0 aliphatic heterocycles. The largest absolute Gasteiger partial charge is 0.396 e. The smallest absolute Gasteiger partial charge is 0.319 e. The number of nitrogens with zero attached hydrogens (tertiary/aromatic N) is 2. The molecule has 25 heavy (non-hydrogen) atoms. The topological polar surface area (TPSA) is 79.2 Å². The maximum Gasteiger partial charge on any atom is 0.319 e. The summed E-state index contributed by atoms with van der Waals surface area (Å²) in [4.78, 5) is 12.4. The summed E-state index contributed by atoms with van der Waals surface area (Å²) in [6, 6.07) is 9.23. The van der Waals surface area contributed by atoms with Gasteiger partial charge < -0.3 is 15.7 Å². The third kappa shape index (κ3) is 4.20. The molecule has 2 amide bonds. The number of benzene rings is 1. The number of rotatable bonds is 5. The molecule has 1 heterocycles. The van der Waals surface area contributed by atoms with Crippen LogP contribution in [0.25, 0.3) is 5.69 Å². The van der Waals surface area contributed by atoms with Gasteiger partial charge in [-0.1, -0.05) is 31.4 Å². The Morgan fingerprint density at radius 1 is 1.24 bits per heavy atom. The van der Waals surface area contributed by atoms with Gasteiger partial charge in [0.2, 0.25) is 0 Å². The molecule has 2 aromatic rings. The first kappa shape index (κ1) is 17.5. The van der Waals surface area contributed by atoms with Gasteiger partial charge in [0.1, 0.15) is 0 Å². The van der Waals surface area contributed by atoms with Gasteiger partial charge in [-0.2, -0.15) is 5.10 Å². The normalized spacial score (nSPS) is 16.4. The third-order valence-electron chi connectivity index (χ3n) is 5.00. The van der Waals surface area contributed by atoms with E-state index in [0.29, 0.717) is 12.2 Å². The molecular formula is C19H26N4O2. The second kappa shape index (κ2) is 7.70. The Labute approximate surface area is 148 Å². The van der Waals surface area contributed by atoms with Crippen LogP contribution in [-0.4, -0.2) is 34.1 Å². The highest BCUT2D eigenvalue weighted by atomic mass is 16.3. The molecule has 1 saturated carbocycles. The first-order chi connectivity index (χ1) is 12.1. The predicted molar refractivity (Wildman–Crippen MR) is 97.9 cm³/mol. The van der Waals surface area contributed by atoms with Gasteiger partial charge in [-0.25, -0.2) is 9.48 Å². The molecule has 6 nitrogen and oxygen atoms in total. The van der Waals surface area contributed by atoms with Gasteiger partial charge in [0.05, 0.1) is 23.7 Å². The number of hydrogen-bond donors (Lipinski definition) is 3. The van der Waals surface area contributed by atoms with Crippen LogP contribution in [-0.2, 0) is 0 Å². The van der Waals surface area contributed by atoms with Crippen molar-refractivity contribution in [3.05, 3.63) is 42.2 Å². The lowest BCUT2D eigenvalue weighted by molar-refractivity contribution is 0.0840. The molecule has 3 N–H and O–H groups in total. The van der Waals surface area contributed by atoms with Crippen molar-refractivity contribution in [1.29, 1.82) is 0 Å². The minimum Gasteiger partial charge on any atom is -0.396 e. The number of aliphatic hydroxyl groups excluding tert-OH is 1. The van der Waals surface area contributed by atoms with Gasteiger partial charge in [-0.3, -0.25) is 0 Å². The second-order valence-electron chi connectivity index (χ2n) is 6.95. The maximum atomic E-state index is 12.4. The second-order valence-corrected chi connectivity index (χ2v) is 6.95. The van der Waals surface area contributed by atoms with E-state index in [0.717, 1.165) is 37.1 Å². The van der Waals surface area contributed by atoms with Crippen molar-refractivity contribution in [2.24, 2.45) is 5.41 Å². The van der Waals surface area contributed by atoms with Crippen LogP contribution in [0.15, 0.2) is 36.5 Å². The fourth-order valence-corrected chi connectivity index (χ4v) is 3.46. The molecule has 0 atom stereocenters. The quantitative estimate of drug-likeness (QED) is 0.780. The summed E-state index contributed by atoms with van der Waals surface area (Å²) in [5.41, 5.74) is 2.26. The number of aromatic nitrogens is 2. The van der Waals surface area contributed by atoms with Crippen molar-refractivity contribution in [3.8, 4) is 5.69 Å². The number of carbonyl (C=O) groups is 1. The summed E-state index contributed by atoms with van der Waals surface area (Å²) < 4.78 is 1.75. The first-order valence-corrected chi connectivity index (χ1v) is 8.89. The molecule has 1 aliphatic rings. The van der Waals surface area contributed by atoms with Gasteiger partial charge in [0.25, 0.3) is 0 Å². The lowest BCUT2D eigenvalue weighted by atomic mass is 9.74. The molecule has 0 unspecified atom stereocenters. The number of para-hydroxylation sites is 2. The van der Waals surface area contributed by atoms with Gasteiger partial charge >= 0.3 is 6.03 Å². The van der Waals surface area contributed by atoms with Crippen LogP contribution in [0.5, 0.6) is 0 Å². The zero-order valence-corrected chi connectivity index (χ0v) is 14.7. The number of anilines is 1. The number of carbonyl (C=O) groups excluding carboxylic acids is 1. The summed E-state index contributed by atoms with van der Waals surface area (Å²) in [5.74, 6) is 0. The average molecular weight is 342 g/mol. The summed E-state index contributed by atoms with van der Waals surface area (Å²) in [6.45, 7) is 2.55. The summed E-state index contributed by atoms with van der Waals surface area (Å²) >= 11 is 0. The van der Waals surface area contributed by atoms with Gasteiger partial charge in [0, 0.05) is 18.2 Å². The third-order valence-corrected chi connectivity index (χ3v) is 5.00. The van der Waals surface area contributed by atoms with E-state index in [1.807, 2.05) is 43.5 Å². The molecule has 0 saturated heterocycles. The Balaban J connectivity index is 1.65. The van der Waals surface area contributed by atoms with Crippen molar-refractivity contribution in [3.63, 3.8) is 0 Å². The molecule has 1 fully saturated rings. The summed E-state index contributed by atoms with van der Waals surface area (Å²) in [6.07, 6.45) is 7.25. The lowest BCUT2D eigenvalue weighted by Gasteiger charge is -2.35. The van der Waals surface area contributed by atoms with Crippen molar-refractivity contribution < 1.29 is 9.90 Å². The minimum absolute atomic E-state index is 0.121. The fourth-order valence-electron chi connectivity index (χ4n) is 3.46. The number of aryl methyl sites for hydroxylation is 1. The SMILES string of the molecule is Cc1ccn(-c2ccccc2NC(=O)NCC2(CO)CCCCC2)n1. The monoisotopic (exact) mass is 342 g/mol.